The first-order valence-electron chi connectivity index (χ1n) is 9.55. The minimum Gasteiger partial charge on any atom is -0.490 e. The van der Waals surface area contributed by atoms with Crippen LogP contribution in [-0.2, 0) is 13.0 Å². The molecule has 2 heterocycles. The predicted molar refractivity (Wildman–Crippen MR) is 125 cm³/mol. The molecule has 3 aromatic rings. The molecule has 0 unspecified atom stereocenters. The lowest BCUT2D eigenvalue weighted by atomic mass is 10.2. The van der Waals surface area contributed by atoms with E-state index in [2.05, 4.69) is 30.6 Å². The molecule has 3 rings (SSSR count). The topological polar surface area (TPSA) is 85.1 Å². The summed E-state index contributed by atoms with van der Waals surface area (Å²) in [5, 5.41) is 14.6. The molecule has 0 spiro atoms. The van der Waals surface area contributed by atoms with Gasteiger partial charge in [-0.05, 0) is 25.1 Å². The van der Waals surface area contributed by atoms with E-state index in [4.69, 9.17) is 4.74 Å². The molecule has 11 heteroatoms. The first kappa shape index (κ1) is 24.6. The fraction of sp³-hybridized carbons (Fsp3) is 0.350. The normalized spacial score (nSPS) is 11.3. The smallest absolute Gasteiger partial charge is 0.387 e. The number of halogens is 3. The monoisotopic (exact) mass is 546 g/mol. The van der Waals surface area contributed by atoms with Gasteiger partial charge in [-0.15, -0.1) is 34.2 Å². The van der Waals surface area contributed by atoms with Crippen molar-refractivity contribution in [2.24, 2.45) is 4.99 Å². The van der Waals surface area contributed by atoms with E-state index < -0.39 is 6.61 Å². The van der Waals surface area contributed by atoms with Crippen LogP contribution >= 0.6 is 24.0 Å². The standard InChI is InChI=1S/C20H24F2N6O2.HI/c1-3-29-15-8-6-7-14(18(15)30-19(21)22)13-25-20(23-2)24-11-10-17-27-26-16-9-4-5-12-28(16)17;/h4-9,12,19H,3,10-11,13H2,1-2H3,(H2,23,24,25);1H. The van der Waals surface area contributed by atoms with Crippen LogP contribution in [0, 0.1) is 0 Å². The number of nitrogens with one attached hydrogen (secondary N) is 2. The van der Waals surface area contributed by atoms with Gasteiger partial charge in [0.25, 0.3) is 0 Å². The van der Waals surface area contributed by atoms with E-state index in [1.165, 1.54) is 0 Å². The van der Waals surface area contributed by atoms with Gasteiger partial charge in [-0.25, -0.2) is 0 Å². The zero-order chi connectivity index (χ0) is 21.3. The van der Waals surface area contributed by atoms with Crippen molar-refractivity contribution in [1.82, 2.24) is 25.2 Å². The number of guanidine groups is 1. The van der Waals surface area contributed by atoms with Gasteiger partial charge in [-0.3, -0.25) is 9.39 Å². The van der Waals surface area contributed by atoms with E-state index in [0.29, 0.717) is 31.1 Å². The molecule has 1 aromatic carbocycles. The molecule has 31 heavy (non-hydrogen) atoms. The maximum Gasteiger partial charge on any atom is 0.387 e. The van der Waals surface area contributed by atoms with Gasteiger partial charge >= 0.3 is 6.61 Å². The van der Waals surface area contributed by atoms with E-state index in [1.807, 2.05) is 28.8 Å². The zero-order valence-corrected chi connectivity index (χ0v) is 19.5. The molecule has 0 atom stereocenters. The van der Waals surface area contributed by atoms with Crippen LogP contribution in [0.1, 0.15) is 18.3 Å². The van der Waals surface area contributed by atoms with Gasteiger partial charge in [0, 0.05) is 38.3 Å². The number of nitrogens with zero attached hydrogens (tertiary/aromatic N) is 4. The van der Waals surface area contributed by atoms with Crippen molar-refractivity contribution in [2.45, 2.75) is 26.5 Å². The van der Waals surface area contributed by atoms with Gasteiger partial charge in [-0.1, -0.05) is 18.2 Å². The predicted octanol–water partition coefficient (Wildman–Crippen LogP) is 3.26. The Labute approximate surface area is 196 Å². The van der Waals surface area contributed by atoms with Crippen LogP contribution in [0.4, 0.5) is 8.78 Å². The Morgan fingerprint density at radius 3 is 2.74 bits per heavy atom. The average Bonchev–Trinajstić information content (AvgIpc) is 3.15. The van der Waals surface area contributed by atoms with Gasteiger partial charge in [0.15, 0.2) is 23.1 Å². The lowest BCUT2D eigenvalue weighted by Crippen LogP contribution is -2.38. The Balaban J connectivity index is 0.00000341. The molecule has 0 saturated carbocycles. The number of benzene rings is 1. The number of ether oxygens (including phenoxy) is 2. The molecule has 0 bridgehead atoms. The highest BCUT2D eigenvalue weighted by atomic mass is 127. The first-order chi connectivity index (χ1) is 14.6. The third-order valence-corrected chi connectivity index (χ3v) is 4.26. The van der Waals surface area contributed by atoms with Crippen molar-refractivity contribution in [2.75, 3.05) is 20.2 Å². The van der Waals surface area contributed by atoms with E-state index >= 15 is 0 Å². The molecule has 0 aliphatic rings. The number of hydrogen-bond donors (Lipinski definition) is 2. The highest BCUT2D eigenvalue weighted by Gasteiger charge is 2.16. The SMILES string of the molecule is CCOc1cccc(CNC(=NC)NCCc2nnc3ccccn23)c1OC(F)F.I. The maximum absolute atomic E-state index is 12.9. The summed E-state index contributed by atoms with van der Waals surface area (Å²) in [7, 11) is 1.63. The Kier molecular flexibility index (Phi) is 9.69. The highest BCUT2D eigenvalue weighted by Crippen LogP contribution is 2.32. The number of aliphatic imine (C=N–C) groups is 1. The highest BCUT2D eigenvalue weighted by molar-refractivity contribution is 14.0. The van der Waals surface area contributed by atoms with Crippen molar-refractivity contribution in [3.05, 3.63) is 54.0 Å². The Hall–Kier alpha value is -2.70. The van der Waals surface area contributed by atoms with Crippen LogP contribution in [0.2, 0.25) is 0 Å². The molecule has 8 nitrogen and oxygen atoms in total. The number of fused-ring (bicyclic) bond motifs is 1. The molecule has 0 radical (unpaired) electrons. The van der Waals surface area contributed by atoms with Crippen LogP contribution < -0.4 is 20.1 Å². The fourth-order valence-corrected chi connectivity index (χ4v) is 2.95. The summed E-state index contributed by atoms with van der Waals surface area (Å²) < 4.78 is 37.7. The Morgan fingerprint density at radius 1 is 1.16 bits per heavy atom. The second kappa shape index (κ2) is 12.2. The Morgan fingerprint density at radius 2 is 2.00 bits per heavy atom. The summed E-state index contributed by atoms with van der Waals surface area (Å²) >= 11 is 0. The molecular weight excluding hydrogens is 521 g/mol. The Bertz CT molecular complexity index is 999. The molecule has 0 saturated heterocycles. The minimum absolute atomic E-state index is 0. The van der Waals surface area contributed by atoms with E-state index in [1.54, 1.807) is 32.2 Å². The van der Waals surface area contributed by atoms with Crippen LogP contribution in [0.3, 0.4) is 0 Å². The third-order valence-electron chi connectivity index (χ3n) is 4.26. The summed E-state index contributed by atoms with van der Waals surface area (Å²) in [6.45, 7) is -0.0234. The van der Waals surface area contributed by atoms with Crippen LogP contribution in [0.15, 0.2) is 47.6 Å². The summed E-state index contributed by atoms with van der Waals surface area (Å²) in [6.07, 6.45) is 2.54. The fourth-order valence-electron chi connectivity index (χ4n) is 2.95. The summed E-state index contributed by atoms with van der Waals surface area (Å²) in [5.74, 6) is 1.64. The number of aromatic nitrogens is 3. The van der Waals surface area contributed by atoms with Crippen molar-refractivity contribution >= 4 is 35.6 Å². The molecule has 168 valence electrons. The summed E-state index contributed by atoms with van der Waals surface area (Å²) in [6, 6.07) is 10.7. The van der Waals surface area contributed by atoms with Crippen LogP contribution in [-0.4, -0.2) is 47.4 Å². The lowest BCUT2D eigenvalue weighted by molar-refractivity contribution is -0.0520. The quantitative estimate of drug-likeness (QED) is 0.244. The van der Waals surface area contributed by atoms with Gasteiger partial charge < -0.3 is 20.1 Å². The molecule has 0 aliphatic heterocycles. The van der Waals surface area contributed by atoms with Crippen molar-refractivity contribution in [1.29, 1.82) is 0 Å². The number of pyridine rings is 1. The summed E-state index contributed by atoms with van der Waals surface area (Å²) in [4.78, 5) is 4.17. The van der Waals surface area contributed by atoms with E-state index in [9.17, 15) is 8.78 Å². The van der Waals surface area contributed by atoms with Gasteiger partial charge in [0.05, 0.1) is 6.61 Å². The number of hydrogen-bond acceptors (Lipinski definition) is 5. The van der Waals surface area contributed by atoms with E-state index in [0.717, 1.165) is 11.5 Å². The second-order valence-electron chi connectivity index (χ2n) is 6.20. The largest absolute Gasteiger partial charge is 0.490 e. The second-order valence-corrected chi connectivity index (χ2v) is 6.20. The molecule has 2 aromatic heterocycles. The van der Waals surface area contributed by atoms with Gasteiger partial charge in [-0.2, -0.15) is 8.78 Å². The van der Waals surface area contributed by atoms with Crippen molar-refractivity contribution in [3.8, 4) is 11.5 Å². The van der Waals surface area contributed by atoms with E-state index in [-0.39, 0.29) is 42.0 Å². The zero-order valence-electron chi connectivity index (χ0n) is 17.2. The third kappa shape index (κ3) is 6.64. The molecular formula is C20H25F2IN6O2. The number of alkyl halides is 2. The van der Waals surface area contributed by atoms with Crippen molar-refractivity contribution in [3.63, 3.8) is 0 Å². The maximum atomic E-state index is 12.9. The number of rotatable bonds is 9. The number of para-hydroxylation sites is 1. The molecule has 0 aliphatic carbocycles. The van der Waals surface area contributed by atoms with Gasteiger partial charge in [0.1, 0.15) is 5.82 Å². The molecule has 2 N–H and O–H groups in total. The molecule has 0 fully saturated rings. The van der Waals surface area contributed by atoms with Crippen LogP contribution in [0.25, 0.3) is 5.65 Å². The first-order valence-corrected chi connectivity index (χ1v) is 9.55. The summed E-state index contributed by atoms with van der Waals surface area (Å²) in [5.41, 5.74) is 1.32. The average molecular weight is 546 g/mol. The van der Waals surface area contributed by atoms with Gasteiger partial charge in [0.2, 0.25) is 0 Å². The van der Waals surface area contributed by atoms with Crippen molar-refractivity contribution < 1.29 is 18.3 Å². The lowest BCUT2D eigenvalue weighted by Gasteiger charge is -2.17. The minimum atomic E-state index is -2.94. The molecule has 0 amide bonds. The van der Waals surface area contributed by atoms with Crippen LogP contribution in [0.5, 0.6) is 11.5 Å².